The van der Waals surface area contributed by atoms with Crippen molar-refractivity contribution in [2.24, 2.45) is 17.6 Å². The largest absolute Gasteiger partial charge is 0.326 e. The number of benzene rings is 1. The lowest BCUT2D eigenvalue weighted by Crippen LogP contribution is -2.29. The molecule has 1 aliphatic carbocycles. The zero-order chi connectivity index (χ0) is 11.8. The van der Waals surface area contributed by atoms with Gasteiger partial charge in [0.25, 0.3) is 0 Å². The molecule has 3 rings (SSSR count). The normalized spacial score (nSPS) is 35.2. The van der Waals surface area contributed by atoms with Crippen molar-refractivity contribution in [3.63, 3.8) is 0 Å². The van der Waals surface area contributed by atoms with Crippen molar-refractivity contribution in [2.45, 2.75) is 25.3 Å². The highest BCUT2D eigenvalue weighted by molar-refractivity contribution is 5.85. The van der Waals surface area contributed by atoms with Gasteiger partial charge in [0.15, 0.2) is 0 Å². The van der Waals surface area contributed by atoms with Gasteiger partial charge in [-0.15, -0.1) is 12.4 Å². The molecule has 0 radical (unpaired) electrons. The topological polar surface area (TPSA) is 29.3 Å². The monoisotopic (exact) mass is 266 g/mol. The van der Waals surface area contributed by atoms with Crippen LogP contribution in [0.4, 0.5) is 0 Å². The Kier molecular flexibility index (Phi) is 4.31. The third-order valence-corrected chi connectivity index (χ3v) is 4.44. The number of rotatable bonds is 3. The quantitative estimate of drug-likeness (QED) is 0.911. The number of halogens is 1. The molecule has 1 saturated heterocycles. The smallest absolute Gasteiger partial charge is 0.0249 e. The van der Waals surface area contributed by atoms with Crippen LogP contribution in [0.15, 0.2) is 30.3 Å². The number of nitrogens with zero attached hydrogens (tertiary/aromatic N) is 1. The summed E-state index contributed by atoms with van der Waals surface area (Å²) in [6, 6.07) is 11.1. The van der Waals surface area contributed by atoms with Crippen molar-refractivity contribution in [3.05, 3.63) is 35.9 Å². The molecule has 1 aromatic rings. The van der Waals surface area contributed by atoms with Crippen LogP contribution in [0, 0.1) is 11.8 Å². The lowest BCUT2D eigenvalue weighted by atomic mass is 9.95. The van der Waals surface area contributed by atoms with Crippen molar-refractivity contribution in [3.8, 4) is 0 Å². The number of hydrogen-bond donors (Lipinski definition) is 1. The van der Waals surface area contributed by atoms with Gasteiger partial charge in [0.05, 0.1) is 0 Å². The Balaban J connectivity index is 0.00000120. The van der Waals surface area contributed by atoms with Crippen LogP contribution >= 0.6 is 12.4 Å². The predicted octanol–water partition coefficient (Wildman–Crippen LogP) is 2.49. The minimum Gasteiger partial charge on any atom is -0.326 e. The van der Waals surface area contributed by atoms with E-state index >= 15 is 0 Å². The zero-order valence-electron chi connectivity index (χ0n) is 11.0. The van der Waals surface area contributed by atoms with Gasteiger partial charge in [-0.3, -0.25) is 0 Å². The van der Waals surface area contributed by atoms with Gasteiger partial charge in [0.2, 0.25) is 0 Å². The molecule has 0 aromatic heterocycles. The van der Waals surface area contributed by atoms with E-state index < -0.39 is 0 Å². The van der Waals surface area contributed by atoms with Gasteiger partial charge in [-0.05, 0) is 23.8 Å². The molecule has 100 valence electrons. The first-order valence-corrected chi connectivity index (χ1v) is 6.77. The van der Waals surface area contributed by atoms with E-state index in [-0.39, 0.29) is 12.4 Å². The summed E-state index contributed by atoms with van der Waals surface area (Å²) in [7, 11) is 0. The van der Waals surface area contributed by atoms with Crippen LogP contribution in [0.1, 0.15) is 24.8 Å². The van der Waals surface area contributed by atoms with E-state index in [9.17, 15) is 0 Å². The van der Waals surface area contributed by atoms with Gasteiger partial charge in [0.1, 0.15) is 0 Å². The zero-order valence-corrected chi connectivity index (χ0v) is 11.8. The van der Waals surface area contributed by atoms with Crippen LogP contribution in [-0.2, 0) is 0 Å². The van der Waals surface area contributed by atoms with E-state index in [2.05, 4.69) is 42.2 Å². The lowest BCUT2D eigenvalue weighted by molar-refractivity contribution is 0.312. The third-order valence-electron chi connectivity index (χ3n) is 4.44. The summed E-state index contributed by atoms with van der Waals surface area (Å²) in [5, 5.41) is 0. The standard InChI is InChI=1S/C15H22N2.ClH/c1-11-7-13(11)8-17-9-14(15(16)10-17)12-5-3-2-4-6-12;/h2-6,11,13-15H,7-10,16H2,1H3;1H/t11?,13?,14-,15+;/m0./s1. The first-order chi connectivity index (χ1) is 8.24. The minimum absolute atomic E-state index is 0. The van der Waals surface area contributed by atoms with E-state index in [1.54, 1.807) is 0 Å². The van der Waals surface area contributed by atoms with E-state index in [1.165, 1.54) is 18.5 Å². The SMILES string of the molecule is CC1CC1CN1C[C@@H](N)[C@H](c2ccccc2)C1.Cl. The molecule has 4 atom stereocenters. The van der Waals surface area contributed by atoms with Gasteiger partial charge in [-0.2, -0.15) is 0 Å². The van der Waals surface area contributed by atoms with Crippen LogP contribution in [0.5, 0.6) is 0 Å². The molecule has 2 nitrogen and oxygen atoms in total. The van der Waals surface area contributed by atoms with Crippen LogP contribution < -0.4 is 5.73 Å². The molecule has 3 heteroatoms. The van der Waals surface area contributed by atoms with E-state index in [0.717, 1.165) is 24.9 Å². The fraction of sp³-hybridized carbons (Fsp3) is 0.600. The molecule has 2 fully saturated rings. The molecule has 0 amide bonds. The molecule has 18 heavy (non-hydrogen) atoms. The van der Waals surface area contributed by atoms with E-state index in [0.29, 0.717) is 12.0 Å². The van der Waals surface area contributed by atoms with Gasteiger partial charge >= 0.3 is 0 Å². The first-order valence-electron chi connectivity index (χ1n) is 6.77. The summed E-state index contributed by atoms with van der Waals surface area (Å²) in [6.07, 6.45) is 1.42. The van der Waals surface area contributed by atoms with Crippen molar-refractivity contribution in [2.75, 3.05) is 19.6 Å². The van der Waals surface area contributed by atoms with Crippen LogP contribution in [0.2, 0.25) is 0 Å². The van der Waals surface area contributed by atoms with Crippen molar-refractivity contribution < 1.29 is 0 Å². The highest BCUT2D eigenvalue weighted by Crippen LogP contribution is 2.39. The summed E-state index contributed by atoms with van der Waals surface area (Å²) in [4.78, 5) is 2.57. The van der Waals surface area contributed by atoms with Crippen LogP contribution in [0.25, 0.3) is 0 Å². The summed E-state index contributed by atoms with van der Waals surface area (Å²) in [6.45, 7) is 5.84. The van der Waals surface area contributed by atoms with Gasteiger partial charge in [-0.1, -0.05) is 37.3 Å². The highest BCUT2D eigenvalue weighted by atomic mass is 35.5. The van der Waals surface area contributed by atoms with Gasteiger partial charge < -0.3 is 10.6 Å². The van der Waals surface area contributed by atoms with Crippen LogP contribution in [-0.4, -0.2) is 30.6 Å². The van der Waals surface area contributed by atoms with Crippen molar-refractivity contribution >= 4 is 12.4 Å². The predicted molar refractivity (Wildman–Crippen MR) is 78.1 cm³/mol. The Bertz CT molecular complexity index is 381. The van der Waals surface area contributed by atoms with E-state index in [1.807, 2.05) is 0 Å². The number of hydrogen-bond acceptors (Lipinski definition) is 2. The molecular weight excluding hydrogens is 244 g/mol. The second kappa shape index (κ2) is 5.60. The third kappa shape index (κ3) is 2.87. The average Bonchev–Trinajstić information content (AvgIpc) is 2.88. The summed E-state index contributed by atoms with van der Waals surface area (Å²) >= 11 is 0. The van der Waals surface area contributed by atoms with Crippen molar-refractivity contribution in [1.82, 2.24) is 4.90 Å². The van der Waals surface area contributed by atoms with Gasteiger partial charge in [0, 0.05) is 31.6 Å². The molecule has 2 aliphatic rings. The van der Waals surface area contributed by atoms with Crippen molar-refractivity contribution in [1.29, 1.82) is 0 Å². The van der Waals surface area contributed by atoms with Crippen LogP contribution in [0.3, 0.4) is 0 Å². The number of nitrogens with two attached hydrogens (primary N) is 1. The second-order valence-electron chi connectivity index (χ2n) is 5.87. The molecule has 2 N–H and O–H groups in total. The Labute approximate surface area is 116 Å². The fourth-order valence-corrected chi connectivity index (χ4v) is 3.10. The molecule has 1 aliphatic heterocycles. The first kappa shape index (κ1) is 13.9. The fourth-order valence-electron chi connectivity index (χ4n) is 3.10. The maximum atomic E-state index is 6.29. The molecule has 2 unspecified atom stereocenters. The molecular formula is C15H23ClN2. The summed E-state index contributed by atoms with van der Waals surface area (Å²) < 4.78 is 0. The molecule has 0 spiro atoms. The maximum absolute atomic E-state index is 6.29. The molecule has 1 heterocycles. The molecule has 1 saturated carbocycles. The lowest BCUT2D eigenvalue weighted by Gasteiger charge is -2.15. The Hall–Kier alpha value is -0.570. The van der Waals surface area contributed by atoms with Gasteiger partial charge in [-0.25, -0.2) is 0 Å². The average molecular weight is 267 g/mol. The number of likely N-dealkylation sites (tertiary alicyclic amines) is 1. The summed E-state index contributed by atoms with van der Waals surface area (Å²) in [5.41, 5.74) is 7.70. The Morgan fingerprint density at radius 1 is 1.22 bits per heavy atom. The Morgan fingerprint density at radius 3 is 2.50 bits per heavy atom. The summed E-state index contributed by atoms with van der Waals surface area (Å²) in [5.74, 6) is 2.42. The van der Waals surface area contributed by atoms with E-state index in [4.69, 9.17) is 5.73 Å². The highest BCUT2D eigenvalue weighted by Gasteiger charge is 2.38. The Morgan fingerprint density at radius 2 is 1.89 bits per heavy atom. The molecule has 1 aromatic carbocycles. The maximum Gasteiger partial charge on any atom is 0.0249 e. The molecule has 0 bridgehead atoms. The second-order valence-corrected chi connectivity index (χ2v) is 5.87. The minimum atomic E-state index is 0.